The maximum absolute atomic E-state index is 14.2. The van der Waals surface area contributed by atoms with Crippen molar-refractivity contribution < 1.29 is 19.1 Å². The first-order chi connectivity index (χ1) is 21.3. The molecule has 1 fully saturated rings. The summed E-state index contributed by atoms with van der Waals surface area (Å²) < 4.78 is 6.16. The first-order valence-electron chi connectivity index (χ1n) is 14.7. The van der Waals surface area contributed by atoms with Gasteiger partial charge >= 0.3 is 0 Å². The number of hydrogen-bond acceptors (Lipinski definition) is 7. The van der Waals surface area contributed by atoms with Gasteiger partial charge in [0.05, 0.1) is 25.1 Å². The summed E-state index contributed by atoms with van der Waals surface area (Å²) in [7, 11) is 0. The zero-order valence-corrected chi connectivity index (χ0v) is 24.6. The SMILES string of the molecule is NC(N)=NCCCNC(=O)C1C[C@H](OCc2ccccc2)CN1C(=O)[C@@H](Cc1ccccc1)NC(=O)[C@@H](N)Cc1cnc[nH]1. The quantitative estimate of drug-likeness (QED) is 0.0788. The van der Waals surface area contributed by atoms with Crippen molar-refractivity contribution in [2.45, 2.75) is 56.5 Å². The van der Waals surface area contributed by atoms with E-state index in [2.05, 4.69) is 25.6 Å². The molecule has 4 atom stereocenters. The van der Waals surface area contributed by atoms with Crippen molar-refractivity contribution in [3.63, 3.8) is 0 Å². The predicted molar refractivity (Wildman–Crippen MR) is 166 cm³/mol. The van der Waals surface area contributed by atoms with Crippen molar-refractivity contribution in [1.29, 1.82) is 0 Å². The molecule has 0 saturated carbocycles. The summed E-state index contributed by atoms with van der Waals surface area (Å²) in [5.41, 5.74) is 19.5. The van der Waals surface area contributed by atoms with Crippen molar-refractivity contribution in [3.8, 4) is 0 Å². The van der Waals surface area contributed by atoms with E-state index in [0.717, 1.165) is 11.1 Å². The van der Waals surface area contributed by atoms with E-state index in [4.69, 9.17) is 21.9 Å². The molecule has 234 valence electrons. The number of guanidine groups is 1. The fourth-order valence-corrected chi connectivity index (χ4v) is 5.07. The number of hydrogen-bond donors (Lipinski definition) is 6. The Balaban J connectivity index is 1.50. The van der Waals surface area contributed by atoms with Gasteiger partial charge in [-0.05, 0) is 17.5 Å². The number of nitrogens with two attached hydrogens (primary N) is 3. The second-order valence-corrected chi connectivity index (χ2v) is 10.8. The molecule has 44 heavy (non-hydrogen) atoms. The van der Waals surface area contributed by atoms with Gasteiger partial charge < -0.3 is 42.5 Å². The number of benzene rings is 2. The Bertz CT molecular complexity index is 1370. The number of H-pyrrole nitrogens is 1. The van der Waals surface area contributed by atoms with Crippen LogP contribution in [0.4, 0.5) is 0 Å². The van der Waals surface area contributed by atoms with E-state index in [1.807, 2.05) is 60.7 Å². The molecular formula is C31H41N9O4. The van der Waals surface area contributed by atoms with Crippen LogP contribution in [0.5, 0.6) is 0 Å². The monoisotopic (exact) mass is 603 g/mol. The van der Waals surface area contributed by atoms with E-state index in [0.29, 0.717) is 38.2 Å². The van der Waals surface area contributed by atoms with Crippen LogP contribution in [-0.2, 0) is 38.6 Å². The van der Waals surface area contributed by atoms with E-state index in [9.17, 15) is 14.4 Å². The number of carbonyl (C=O) groups excluding carboxylic acids is 3. The van der Waals surface area contributed by atoms with Crippen LogP contribution in [0.3, 0.4) is 0 Å². The van der Waals surface area contributed by atoms with Gasteiger partial charge in [-0.1, -0.05) is 60.7 Å². The lowest BCUT2D eigenvalue weighted by molar-refractivity contribution is -0.141. The highest BCUT2D eigenvalue weighted by Crippen LogP contribution is 2.24. The number of aromatic nitrogens is 2. The van der Waals surface area contributed by atoms with Crippen LogP contribution in [0.15, 0.2) is 78.2 Å². The van der Waals surface area contributed by atoms with Crippen LogP contribution >= 0.6 is 0 Å². The zero-order chi connectivity index (χ0) is 31.3. The maximum atomic E-state index is 14.2. The second kappa shape index (κ2) is 16.2. The standard InChI is InChI=1S/C31H41N9O4/c32-25(15-23-17-35-20-38-23)28(41)39-26(14-21-8-3-1-4-9-21)30(43)40-18-24(44-19-22-10-5-2-6-11-22)16-27(40)29(42)36-12-7-13-37-31(33)34/h1-6,8-11,17,20,24-27H,7,12-16,18-19,32H2,(H,35,38)(H,36,42)(H,39,41)(H4,33,34,37)/t24-,25-,26+,27?/m0/s1. The largest absolute Gasteiger partial charge is 0.372 e. The molecule has 9 N–H and O–H groups in total. The Labute approximate surface area is 256 Å². The van der Waals surface area contributed by atoms with Crippen molar-refractivity contribution in [3.05, 3.63) is 90.0 Å². The summed E-state index contributed by atoms with van der Waals surface area (Å²) in [6.45, 7) is 1.23. The van der Waals surface area contributed by atoms with E-state index in [1.165, 1.54) is 11.2 Å². The Hall–Kier alpha value is -4.75. The molecule has 3 aromatic rings. The average molecular weight is 604 g/mol. The number of aliphatic imine (C=N–C) groups is 1. The van der Waals surface area contributed by atoms with Crippen molar-refractivity contribution in [1.82, 2.24) is 25.5 Å². The summed E-state index contributed by atoms with van der Waals surface area (Å²) in [5, 5.41) is 5.75. The number of rotatable bonds is 15. The topological polar surface area (TPSA) is 207 Å². The van der Waals surface area contributed by atoms with Crippen LogP contribution in [0, 0.1) is 0 Å². The van der Waals surface area contributed by atoms with Gasteiger partial charge in [0.25, 0.3) is 0 Å². The first kappa shape index (κ1) is 32.2. The molecule has 13 heteroatoms. The van der Waals surface area contributed by atoms with Crippen LogP contribution in [0.2, 0.25) is 0 Å². The third-order valence-corrected chi connectivity index (χ3v) is 7.33. The Morgan fingerprint density at radius 2 is 1.75 bits per heavy atom. The summed E-state index contributed by atoms with van der Waals surface area (Å²) >= 11 is 0. The number of imidazole rings is 1. The van der Waals surface area contributed by atoms with E-state index < -0.39 is 24.0 Å². The fourth-order valence-electron chi connectivity index (χ4n) is 5.07. The number of ether oxygens (including phenoxy) is 1. The highest BCUT2D eigenvalue weighted by molar-refractivity contribution is 5.93. The van der Waals surface area contributed by atoms with Gasteiger partial charge in [0.1, 0.15) is 12.1 Å². The average Bonchev–Trinajstić information content (AvgIpc) is 3.70. The molecule has 0 aliphatic carbocycles. The van der Waals surface area contributed by atoms with E-state index in [1.54, 1.807) is 6.20 Å². The molecule has 2 heterocycles. The van der Waals surface area contributed by atoms with Crippen molar-refractivity contribution in [2.75, 3.05) is 19.6 Å². The number of likely N-dealkylation sites (tertiary alicyclic amines) is 1. The molecule has 3 amide bonds. The number of aromatic amines is 1. The minimum absolute atomic E-state index is 0.0157. The molecule has 2 aromatic carbocycles. The summed E-state index contributed by atoms with van der Waals surface area (Å²) in [6.07, 6.45) is 4.01. The molecule has 1 aliphatic heterocycles. The van der Waals surface area contributed by atoms with E-state index in [-0.39, 0.29) is 43.3 Å². The van der Waals surface area contributed by atoms with E-state index >= 15 is 0 Å². The molecule has 1 aliphatic rings. The van der Waals surface area contributed by atoms with Gasteiger partial charge in [-0.15, -0.1) is 0 Å². The molecule has 1 unspecified atom stereocenters. The molecule has 0 radical (unpaired) electrons. The van der Waals surface area contributed by atoms with Crippen LogP contribution < -0.4 is 27.8 Å². The maximum Gasteiger partial charge on any atom is 0.246 e. The zero-order valence-electron chi connectivity index (χ0n) is 24.6. The Morgan fingerprint density at radius 1 is 1.05 bits per heavy atom. The normalized spacial score (nSPS) is 17.4. The third-order valence-electron chi connectivity index (χ3n) is 7.33. The molecule has 13 nitrogen and oxygen atoms in total. The lowest BCUT2D eigenvalue weighted by Gasteiger charge is -2.29. The van der Waals surface area contributed by atoms with Gasteiger partial charge in [0.2, 0.25) is 17.7 Å². The number of carbonyl (C=O) groups is 3. The van der Waals surface area contributed by atoms with Crippen LogP contribution in [-0.4, -0.2) is 82.4 Å². The number of nitrogens with zero attached hydrogens (tertiary/aromatic N) is 3. The minimum Gasteiger partial charge on any atom is -0.372 e. The predicted octanol–water partition coefficient (Wildman–Crippen LogP) is -0.0270. The second-order valence-electron chi connectivity index (χ2n) is 10.8. The summed E-state index contributed by atoms with van der Waals surface area (Å²) in [5.74, 6) is -1.19. The van der Waals surface area contributed by atoms with Gasteiger partial charge in [-0.25, -0.2) is 4.98 Å². The molecule has 0 bridgehead atoms. The summed E-state index contributed by atoms with van der Waals surface area (Å²) in [4.78, 5) is 53.1. The van der Waals surface area contributed by atoms with Gasteiger partial charge in [0.15, 0.2) is 5.96 Å². The lowest BCUT2D eigenvalue weighted by Crippen LogP contribution is -2.56. The van der Waals surface area contributed by atoms with Crippen molar-refractivity contribution in [2.24, 2.45) is 22.2 Å². The lowest BCUT2D eigenvalue weighted by atomic mass is 10.0. The van der Waals surface area contributed by atoms with Crippen LogP contribution in [0.1, 0.15) is 29.7 Å². The van der Waals surface area contributed by atoms with Crippen molar-refractivity contribution >= 4 is 23.7 Å². The third kappa shape index (κ3) is 9.64. The van der Waals surface area contributed by atoms with Crippen LogP contribution in [0.25, 0.3) is 0 Å². The Morgan fingerprint density at radius 3 is 2.41 bits per heavy atom. The molecule has 1 saturated heterocycles. The van der Waals surface area contributed by atoms with Gasteiger partial charge in [-0.3, -0.25) is 19.4 Å². The van der Waals surface area contributed by atoms with Gasteiger partial charge in [0, 0.05) is 50.8 Å². The highest BCUT2D eigenvalue weighted by atomic mass is 16.5. The molecule has 0 spiro atoms. The molecular weight excluding hydrogens is 562 g/mol. The smallest absolute Gasteiger partial charge is 0.246 e. The fraction of sp³-hybridized carbons (Fsp3) is 0.387. The minimum atomic E-state index is -0.956. The number of amides is 3. The summed E-state index contributed by atoms with van der Waals surface area (Å²) in [6, 6.07) is 16.4. The van der Waals surface area contributed by atoms with Gasteiger partial charge in [-0.2, -0.15) is 0 Å². The first-order valence-corrected chi connectivity index (χ1v) is 14.7. The molecule has 4 rings (SSSR count). The Kier molecular flexibility index (Phi) is 11.8. The highest BCUT2D eigenvalue weighted by Gasteiger charge is 2.42. The number of nitrogens with one attached hydrogen (secondary N) is 3. The molecule has 1 aromatic heterocycles.